The molecule has 0 fully saturated rings. The van der Waals surface area contributed by atoms with Crippen molar-refractivity contribution in [3.05, 3.63) is 70.3 Å². The van der Waals surface area contributed by atoms with E-state index in [9.17, 15) is 14.4 Å². The second-order valence-corrected chi connectivity index (χ2v) is 6.09. The normalized spacial score (nSPS) is 10.5. The van der Waals surface area contributed by atoms with Crippen LogP contribution in [0.5, 0.6) is 0 Å². The van der Waals surface area contributed by atoms with E-state index in [0.29, 0.717) is 23.5 Å². The Morgan fingerprint density at radius 2 is 2.00 bits per heavy atom. The number of ketones is 1. The van der Waals surface area contributed by atoms with Crippen LogP contribution in [0, 0.1) is 0 Å². The number of nitrogens with one attached hydrogen (secondary N) is 1. The molecule has 0 bridgehead atoms. The van der Waals surface area contributed by atoms with E-state index in [4.69, 9.17) is 5.73 Å². The Hall–Kier alpha value is -3.81. The summed E-state index contributed by atoms with van der Waals surface area (Å²) in [6.07, 6.45) is 3.19. The van der Waals surface area contributed by atoms with Gasteiger partial charge in [-0.25, -0.2) is 4.68 Å². The number of anilines is 2. The number of pyridine rings is 1. The van der Waals surface area contributed by atoms with Gasteiger partial charge in [0.25, 0.3) is 5.56 Å². The molecule has 0 saturated heterocycles. The van der Waals surface area contributed by atoms with Gasteiger partial charge in [0.2, 0.25) is 5.91 Å². The van der Waals surface area contributed by atoms with E-state index in [1.165, 1.54) is 17.7 Å². The van der Waals surface area contributed by atoms with Crippen LogP contribution in [0.4, 0.5) is 11.4 Å². The highest BCUT2D eigenvalue weighted by Gasteiger charge is 2.22. The fourth-order valence-electron chi connectivity index (χ4n) is 2.84. The maximum absolute atomic E-state index is 12.9. The Bertz CT molecular complexity index is 1110. The molecular weight excluding hydrogens is 358 g/mol. The Labute approximate surface area is 161 Å². The molecule has 3 aromatic rings. The van der Waals surface area contributed by atoms with E-state index in [0.717, 1.165) is 0 Å². The third-order valence-corrected chi connectivity index (χ3v) is 4.16. The van der Waals surface area contributed by atoms with Crippen molar-refractivity contribution >= 4 is 23.1 Å². The van der Waals surface area contributed by atoms with E-state index >= 15 is 0 Å². The van der Waals surface area contributed by atoms with Crippen molar-refractivity contribution in [2.24, 2.45) is 5.73 Å². The van der Waals surface area contributed by atoms with Gasteiger partial charge in [0.05, 0.1) is 5.56 Å². The summed E-state index contributed by atoms with van der Waals surface area (Å²) in [7, 11) is 0. The maximum atomic E-state index is 12.9. The van der Waals surface area contributed by atoms with Crippen molar-refractivity contribution in [3.8, 4) is 11.3 Å². The highest BCUT2D eigenvalue weighted by molar-refractivity contribution is 6.05. The Morgan fingerprint density at radius 3 is 2.61 bits per heavy atom. The maximum Gasteiger partial charge on any atom is 0.291 e. The number of rotatable bonds is 6. The quantitative estimate of drug-likeness (QED) is 0.636. The summed E-state index contributed by atoms with van der Waals surface area (Å²) in [5.74, 6) is -0.910. The third kappa shape index (κ3) is 3.66. The Balaban J connectivity index is 2.25. The minimum Gasteiger partial charge on any atom is -0.366 e. The van der Waals surface area contributed by atoms with Crippen molar-refractivity contribution in [2.45, 2.75) is 20.4 Å². The molecule has 2 heterocycles. The van der Waals surface area contributed by atoms with Crippen LogP contribution in [-0.2, 0) is 6.54 Å². The van der Waals surface area contributed by atoms with Gasteiger partial charge in [-0.1, -0.05) is 6.07 Å². The second kappa shape index (κ2) is 7.83. The fourth-order valence-corrected chi connectivity index (χ4v) is 2.84. The summed E-state index contributed by atoms with van der Waals surface area (Å²) >= 11 is 0. The Morgan fingerprint density at radius 1 is 1.21 bits per heavy atom. The first-order chi connectivity index (χ1) is 13.4. The van der Waals surface area contributed by atoms with E-state index < -0.39 is 11.5 Å². The largest absolute Gasteiger partial charge is 0.366 e. The zero-order chi connectivity index (χ0) is 20.3. The van der Waals surface area contributed by atoms with E-state index in [1.807, 2.05) is 0 Å². The molecule has 0 radical (unpaired) electrons. The molecule has 3 rings (SSSR count). The molecule has 2 aromatic heterocycles. The van der Waals surface area contributed by atoms with Gasteiger partial charge in [0.15, 0.2) is 5.78 Å². The standard InChI is InChI=1S/C20H19N5O3/c1-3-25-20(28)18(23-15-8-4-6-13(10-15)19(21)27)16(12(2)26)17(24-25)14-7-5-9-22-11-14/h4-11,23H,3H2,1-2H3,(H2,21,27). The first-order valence-electron chi connectivity index (χ1n) is 8.65. The van der Waals surface area contributed by atoms with Crippen molar-refractivity contribution in [3.63, 3.8) is 0 Å². The molecule has 1 aromatic carbocycles. The van der Waals surface area contributed by atoms with Gasteiger partial charge in [0, 0.05) is 35.8 Å². The second-order valence-electron chi connectivity index (χ2n) is 6.09. The van der Waals surface area contributed by atoms with E-state index in [1.54, 1.807) is 49.6 Å². The van der Waals surface area contributed by atoms with Gasteiger partial charge >= 0.3 is 0 Å². The van der Waals surface area contributed by atoms with Crippen LogP contribution < -0.4 is 16.6 Å². The fraction of sp³-hybridized carbons (Fsp3) is 0.150. The van der Waals surface area contributed by atoms with Gasteiger partial charge < -0.3 is 11.1 Å². The molecule has 142 valence electrons. The molecule has 0 saturated carbocycles. The van der Waals surface area contributed by atoms with Gasteiger partial charge in [-0.3, -0.25) is 19.4 Å². The minimum atomic E-state index is -0.591. The average Bonchev–Trinajstić information content (AvgIpc) is 2.69. The van der Waals surface area contributed by atoms with E-state index in [-0.39, 0.29) is 22.6 Å². The topological polar surface area (TPSA) is 120 Å². The molecule has 3 N–H and O–H groups in total. The number of primary amides is 1. The smallest absolute Gasteiger partial charge is 0.291 e. The molecule has 0 aliphatic carbocycles. The van der Waals surface area contributed by atoms with Crippen LogP contribution in [0.15, 0.2) is 53.6 Å². The highest BCUT2D eigenvalue weighted by Crippen LogP contribution is 2.27. The average molecular weight is 377 g/mol. The summed E-state index contributed by atoms with van der Waals surface area (Å²) < 4.78 is 1.27. The lowest BCUT2D eigenvalue weighted by Gasteiger charge is -2.16. The lowest BCUT2D eigenvalue weighted by molar-refractivity contribution is 0.0996. The number of aromatic nitrogens is 3. The van der Waals surface area contributed by atoms with Crippen molar-refractivity contribution in [1.29, 1.82) is 0 Å². The number of carbonyl (C=O) groups is 2. The first kappa shape index (κ1) is 19.0. The van der Waals surface area contributed by atoms with Crippen molar-refractivity contribution in [2.75, 3.05) is 5.32 Å². The van der Waals surface area contributed by atoms with Crippen LogP contribution >= 0.6 is 0 Å². The molecule has 0 spiro atoms. The molecule has 0 atom stereocenters. The number of carbonyl (C=O) groups excluding carboxylic acids is 2. The molecule has 0 aliphatic rings. The minimum absolute atomic E-state index is 0.0878. The van der Waals surface area contributed by atoms with Gasteiger partial charge in [-0.2, -0.15) is 5.10 Å². The number of nitrogens with zero attached hydrogens (tertiary/aromatic N) is 3. The predicted octanol–water partition coefficient (Wildman–Crippen LogP) is 2.37. The lowest BCUT2D eigenvalue weighted by Crippen LogP contribution is -2.28. The molecule has 28 heavy (non-hydrogen) atoms. The lowest BCUT2D eigenvalue weighted by atomic mass is 10.0. The van der Waals surface area contributed by atoms with Gasteiger partial charge in [-0.15, -0.1) is 0 Å². The summed E-state index contributed by atoms with van der Waals surface area (Å²) in [4.78, 5) is 40.9. The monoisotopic (exact) mass is 377 g/mol. The SMILES string of the molecule is CCn1nc(-c2cccnc2)c(C(C)=O)c(Nc2cccc(C(N)=O)c2)c1=O. The number of aryl methyl sites for hydroxylation is 1. The third-order valence-electron chi connectivity index (χ3n) is 4.16. The summed E-state index contributed by atoms with van der Waals surface area (Å²) in [5, 5.41) is 7.34. The predicted molar refractivity (Wildman–Crippen MR) is 106 cm³/mol. The van der Waals surface area contributed by atoms with Crippen LogP contribution in [0.1, 0.15) is 34.6 Å². The van der Waals surface area contributed by atoms with Gasteiger partial charge in [-0.05, 0) is 44.2 Å². The number of nitrogens with two attached hydrogens (primary N) is 1. The van der Waals surface area contributed by atoms with E-state index in [2.05, 4.69) is 15.4 Å². The van der Waals surface area contributed by atoms with Crippen LogP contribution in [0.2, 0.25) is 0 Å². The van der Waals surface area contributed by atoms with Crippen molar-refractivity contribution < 1.29 is 9.59 Å². The van der Waals surface area contributed by atoms with Crippen LogP contribution in [0.3, 0.4) is 0 Å². The van der Waals surface area contributed by atoms with Gasteiger partial charge in [0.1, 0.15) is 11.4 Å². The zero-order valence-corrected chi connectivity index (χ0v) is 15.5. The number of hydrogen-bond donors (Lipinski definition) is 2. The number of amides is 1. The molecule has 0 aliphatic heterocycles. The molecule has 0 unspecified atom stereocenters. The first-order valence-corrected chi connectivity index (χ1v) is 8.65. The summed E-state index contributed by atoms with van der Waals surface area (Å²) in [6.45, 7) is 3.48. The van der Waals surface area contributed by atoms with Crippen molar-refractivity contribution in [1.82, 2.24) is 14.8 Å². The highest BCUT2D eigenvalue weighted by atomic mass is 16.1. The molecule has 1 amide bonds. The Kier molecular flexibility index (Phi) is 5.30. The number of hydrogen-bond acceptors (Lipinski definition) is 6. The molecular formula is C20H19N5O3. The molecule has 8 nitrogen and oxygen atoms in total. The number of Topliss-reactive ketones (excluding diaryl/α,β-unsaturated/α-hetero) is 1. The van der Waals surface area contributed by atoms with Crippen LogP contribution in [-0.4, -0.2) is 26.5 Å². The zero-order valence-electron chi connectivity index (χ0n) is 15.5. The summed E-state index contributed by atoms with van der Waals surface area (Å²) in [5.41, 5.74) is 6.85. The summed E-state index contributed by atoms with van der Waals surface area (Å²) in [6, 6.07) is 9.90. The molecule has 8 heteroatoms. The van der Waals surface area contributed by atoms with Crippen LogP contribution in [0.25, 0.3) is 11.3 Å². The number of benzene rings is 1.